The van der Waals surface area contributed by atoms with E-state index in [9.17, 15) is 0 Å². The van der Waals surface area contributed by atoms with E-state index in [1.54, 1.807) is 0 Å². The van der Waals surface area contributed by atoms with Gasteiger partial charge in [-0.1, -0.05) is 19.3 Å². The minimum atomic E-state index is 0.562. The Balaban J connectivity index is 2.08. The van der Waals surface area contributed by atoms with Crippen LogP contribution in [0.25, 0.3) is 0 Å². The van der Waals surface area contributed by atoms with Gasteiger partial charge in [-0.25, -0.2) is 0 Å². The molecule has 0 bridgehead atoms. The lowest BCUT2D eigenvalue weighted by molar-refractivity contribution is 0.131. The molecule has 0 N–H and O–H groups in total. The normalized spacial score (nSPS) is 31.5. The molecule has 12 heavy (non-hydrogen) atoms. The third-order valence-corrected chi connectivity index (χ3v) is 3.61. The van der Waals surface area contributed by atoms with Crippen LogP contribution in [0.4, 0.5) is 0 Å². The lowest BCUT2D eigenvalue weighted by atomic mass is 9.81. The number of rotatable bonds is 0. The van der Waals surface area contributed by atoms with Crippen LogP contribution in [-0.4, -0.2) is 42.6 Å². The van der Waals surface area contributed by atoms with Gasteiger partial charge < -0.3 is 0 Å². The van der Waals surface area contributed by atoms with Crippen LogP contribution in [-0.2, 0) is 0 Å². The van der Waals surface area contributed by atoms with Crippen LogP contribution >= 0.6 is 0 Å². The zero-order valence-electron chi connectivity index (χ0n) is 8.34. The predicted molar refractivity (Wildman–Crippen MR) is 51.1 cm³/mol. The summed E-state index contributed by atoms with van der Waals surface area (Å²) in [7, 11) is 4.52. The highest BCUT2D eigenvalue weighted by Crippen LogP contribution is 2.36. The molecule has 1 spiro atoms. The highest BCUT2D eigenvalue weighted by atomic mass is 15.4. The number of hydrogen-bond donors (Lipinski definition) is 0. The fourth-order valence-electron chi connectivity index (χ4n) is 2.93. The van der Waals surface area contributed by atoms with E-state index in [-0.39, 0.29) is 0 Å². The summed E-state index contributed by atoms with van der Waals surface area (Å²) in [5.41, 5.74) is 0.562. The molecular formula is C10H20N2. The third kappa shape index (κ3) is 1.27. The van der Waals surface area contributed by atoms with Crippen LogP contribution in [0.1, 0.15) is 32.1 Å². The molecule has 2 nitrogen and oxygen atoms in total. The summed E-state index contributed by atoms with van der Waals surface area (Å²) in [6.07, 6.45) is 7.19. The molecule has 1 aliphatic heterocycles. The Hall–Kier alpha value is -0.0800. The van der Waals surface area contributed by atoms with Crippen molar-refractivity contribution in [1.29, 1.82) is 0 Å². The van der Waals surface area contributed by atoms with Crippen molar-refractivity contribution in [3.05, 3.63) is 0 Å². The summed E-state index contributed by atoms with van der Waals surface area (Å²) in [6.45, 7) is 2.46. The second kappa shape index (κ2) is 3.00. The molecular weight excluding hydrogens is 148 g/mol. The Labute approximate surface area is 75.5 Å². The molecule has 0 aromatic carbocycles. The van der Waals surface area contributed by atoms with E-state index in [2.05, 4.69) is 23.9 Å². The molecule has 0 radical (unpaired) electrons. The second-order valence-electron chi connectivity index (χ2n) is 4.64. The molecule has 0 unspecified atom stereocenters. The third-order valence-electron chi connectivity index (χ3n) is 3.61. The maximum Gasteiger partial charge on any atom is 0.0506 e. The van der Waals surface area contributed by atoms with E-state index in [0.29, 0.717) is 5.54 Å². The number of nitrogens with zero attached hydrogens (tertiary/aromatic N) is 2. The van der Waals surface area contributed by atoms with Gasteiger partial charge in [-0.15, -0.1) is 0 Å². The van der Waals surface area contributed by atoms with Gasteiger partial charge in [-0.2, -0.15) is 0 Å². The van der Waals surface area contributed by atoms with Crippen molar-refractivity contribution in [3.8, 4) is 0 Å². The first-order chi connectivity index (χ1) is 5.73. The average molecular weight is 168 g/mol. The molecule has 2 fully saturated rings. The Morgan fingerprint density at radius 3 is 2.17 bits per heavy atom. The van der Waals surface area contributed by atoms with Crippen LogP contribution in [0.15, 0.2) is 0 Å². The van der Waals surface area contributed by atoms with Gasteiger partial charge in [-0.05, 0) is 26.9 Å². The highest BCUT2D eigenvalue weighted by molar-refractivity contribution is 4.97. The van der Waals surface area contributed by atoms with E-state index >= 15 is 0 Å². The van der Waals surface area contributed by atoms with Gasteiger partial charge in [0.1, 0.15) is 0 Å². The van der Waals surface area contributed by atoms with Crippen LogP contribution in [0.2, 0.25) is 0 Å². The van der Waals surface area contributed by atoms with Gasteiger partial charge in [0.25, 0.3) is 0 Å². The monoisotopic (exact) mass is 168 g/mol. The van der Waals surface area contributed by atoms with Crippen molar-refractivity contribution in [3.63, 3.8) is 0 Å². The van der Waals surface area contributed by atoms with Crippen molar-refractivity contribution in [2.45, 2.75) is 37.6 Å². The SMILES string of the molecule is CN1CN(C)C2(CCCCC2)C1. The number of hydrogen-bond acceptors (Lipinski definition) is 2. The van der Waals surface area contributed by atoms with Crippen LogP contribution in [0, 0.1) is 0 Å². The minimum absolute atomic E-state index is 0.562. The first-order valence-electron chi connectivity index (χ1n) is 5.13. The zero-order chi connectivity index (χ0) is 8.60. The molecule has 0 aromatic rings. The van der Waals surface area contributed by atoms with Gasteiger partial charge in [0.2, 0.25) is 0 Å². The standard InChI is InChI=1S/C10H20N2/c1-11-8-10(12(2)9-11)6-4-3-5-7-10/h3-9H2,1-2H3. The Morgan fingerprint density at radius 1 is 1.00 bits per heavy atom. The largest absolute Gasteiger partial charge is 0.292 e. The summed E-state index contributed by atoms with van der Waals surface area (Å²) in [6, 6.07) is 0. The molecule has 2 rings (SSSR count). The van der Waals surface area contributed by atoms with Crippen molar-refractivity contribution in [2.24, 2.45) is 0 Å². The van der Waals surface area contributed by atoms with Crippen LogP contribution in [0.5, 0.6) is 0 Å². The first kappa shape index (κ1) is 8.52. The molecule has 0 amide bonds. The molecule has 1 saturated heterocycles. The van der Waals surface area contributed by atoms with E-state index in [4.69, 9.17) is 0 Å². The quantitative estimate of drug-likeness (QED) is 0.541. The lowest BCUT2D eigenvalue weighted by Crippen LogP contribution is -2.45. The van der Waals surface area contributed by atoms with Gasteiger partial charge in [0.05, 0.1) is 6.67 Å². The Morgan fingerprint density at radius 2 is 1.67 bits per heavy atom. The maximum atomic E-state index is 2.56. The Bertz CT molecular complexity index is 161. The molecule has 1 heterocycles. The van der Waals surface area contributed by atoms with Crippen LogP contribution < -0.4 is 0 Å². The van der Waals surface area contributed by atoms with Gasteiger partial charge in [0, 0.05) is 12.1 Å². The second-order valence-corrected chi connectivity index (χ2v) is 4.64. The zero-order valence-corrected chi connectivity index (χ0v) is 8.34. The molecule has 2 heteroatoms. The Kier molecular flexibility index (Phi) is 2.13. The average Bonchev–Trinajstić information content (AvgIpc) is 2.29. The maximum absolute atomic E-state index is 2.56. The summed E-state index contributed by atoms with van der Waals surface area (Å²) in [5.74, 6) is 0. The number of likely N-dealkylation sites (N-methyl/N-ethyl adjacent to an activating group) is 2. The smallest absolute Gasteiger partial charge is 0.0506 e. The van der Waals surface area contributed by atoms with Crippen molar-refractivity contribution in [1.82, 2.24) is 9.80 Å². The fraction of sp³-hybridized carbons (Fsp3) is 1.00. The predicted octanol–water partition coefficient (Wildman–Crippen LogP) is 1.52. The van der Waals surface area contributed by atoms with Crippen LogP contribution in [0.3, 0.4) is 0 Å². The van der Waals surface area contributed by atoms with Crippen molar-refractivity contribution < 1.29 is 0 Å². The molecule has 70 valence electrons. The molecule has 1 aliphatic carbocycles. The highest BCUT2D eigenvalue weighted by Gasteiger charge is 2.41. The topological polar surface area (TPSA) is 6.48 Å². The van der Waals surface area contributed by atoms with E-state index in [1.165, 1.54) is 45.3 Å². The van der Waals surface area contributed by atoms with Crippen molar-refractivity contribution in [2.75, 3.05) is 27.3 Å². The van der Waals surface area contributed by atoms with E-state index in [0.717, 1.165) is 0 Å². The van der Waals surface area contributed by atoms with Gasteiger partial charge >= 0.3 is 0 Å². The lowest BCUT2D eigenvalue weighted by Gasteiger charge is -2.38. The first-order valence-corrected chi connectivity index (χ1v) is 5.13. The molecule has 2 aliphatic rings. The van der Waals surface area contributed by atoms with E-state index in [1.807, 2.05) is 0 Å². The molecule has 0 aromatic heterocycles. The minimum Gasteiger partial charge on any atom is -0.292 e. The van der Waals surface area contributed by atoms with Crippen molar-refractivity contribution >= 4 is 0 Å². The molecule has 0 atom stereocenters. The molecule has 1 saturated carbocycles. The summed E-state index contributed by atoms with van der Waals surface area (Å²) in [5, 5.41) is 0. The summed E-state index contributed by atoms with van der Waals surface area (Å²) in [4.78, 5) is 5.01. The fourth-order valence-corrected chi connectivity index (χ4v) is 2.93. The van der Waals surface area contributed by atoms with Gasteiger partial charge in [-0.3, -0.25) is 9.80 Å². The van der Waals surface area contributed by atoms with E-state index < -0.39 is 0 Å². The summed E-state index contributed by atoms with van der Waals surface area (Å²) >= 11 is 0. The van der Waals surface area contributed by atoms with Gasteiger partial charge in [0.15, 0.2) is 0 Å². The summed E-state index contributed by atoms with van der Waals surface area (Å²) < 4.78 is 0.